The fraction of sp³-hybridized carbons (Fsp3) is 0. The predicted molar refractivity (Wildman–Crippen MR) is 43.1 cm³/mol. The molecule has 0 atom stereocenters. The molecule has 0 fully saturated rings. The van der Waals surface area contributed by atoms with Gasteiger partial charge in [0.1, 0.15) is 5.39 Å². The van der Waals surface area contributed by atoms with Crippen LogP contribution in [0.15, 0.2) is 21.9 Å². The average Bonchev–Trinajstić information content (AvgIpc) is 2.34. The normalized spacial score (nSPS) is 10.5. The molecule has 0 unspecified atom stereocenters. The number of rotatable bonds is 0. The molecule has 2 aromatic rings. The molecule has 2 N–H and O–H groups in total. The standard InChI is InChI=1S/C6H4N2O2S/c9-5-4-3(1-2-7-5)11-8-6(4)10/h1-2H,(H,7,9)(H,8,10). The summed E-state index contributed by atoms with van der Waals surface area (Å²) in [4.78, 5) is 24.4. The first-order chi connectivity index (χ1) is 5.29. The van der Waals surface area contributed by atoms with E-state index in [1.54, 1.807) is 6.07 Å². The Morgan fingerprint density at radius 1 is 1.27 bits per heavy atom. The molecular weight excluding hydrogens is 164 g/mol. The van der Waals surface area contributed by atoms with Crippen LogP contribution in [-0.4, -0.2) is 9.36 Å². The molecule has 2 rings (SSSR count). The minimum Gasteiger partial charge on any atom is -0.328 e. The lowest BCUT2D eigenvalue weighted by Crippen LogP contribution is -2.12. The lowest BCUT2D eigenvalue weighted by atomic mass is 10.4. The van der Waals surface area contributed by atoms with Crippen LogP contribution in [-0.2, 0) is 0 Å². The van der Waals surface area contributed by atoms with E-state index in [2.05, 4.69) is 9.36 Å². The quantitative estimate of drug-likeness (QED) is 0.593. The smallest absolute Gasteiger partial charge is 0.271 e. The molecule has 0 amide bonds. The van der Waals surface area contributed by atoms with Gasteiger partial charge in [-0.2, -0.15) is 0 Å². The molecular formula is C6H4N2O2S. The maximum absolute atomic E-state index is 11.0. The molecule has 2 heterocycles. The number of hydrogen-bond donors (Lipinski definition) is 2. The van der Waals surface area contributed by atoms with Crippen molar-refractivity contribution in [2.45, 2.75) is 0 Å². The van der Waals surface area contributed by atoms with Crippen LogP contribution in [0, 0.1) is 0 Å². The van der Waals surface area contributed by atoms with Gasteiger partial charge < -0.3 is 4.98 Å². The molecule has 0 saturated heterocycles. The number of H-pyrrole nitrogens is 2. The lowest BCUT2D eigenvalue weighted by molar-refractivity contribution is 1.27. The molecule has 0 bridgehead atoms. The third-order valence-corrected chi connectivity index (χ3v) is 2.25. The summed E-state index contributed by atoms with van der Waals surface area (Å²) in [6.07, 6.45) is 1.52. The highest BCUT2D eigenvalue weighted by Gasteiger charge is 2.03. The van der Waals surface area contributed by atoms with Crippen molar-refractivity contribution in [3.05, 3.63) is 33.0 Å². The van der Waals surface area contributed by atoms with Gasteiger partial charge in [-0.05, 0) is 6.07 Å². The van der Waals surface area contributed by atoms with E-state index in [0.717, 1.165) is 0 Å². The molecule has 0 saturated carbocycles. The molecule has 5 heteroatoms. The first kappa shape index (κ1) is 6.36. The van der Waals surface area contributed by atoms with Crippen LogP contribution in [0.25, 0.3) is 10.1 Å². The summed E-state index contributed by atoms with van der Waals surface area (Å²) in [5.74, 6) is 0. The Morgan fingerprint density at radius 2 is 2.09 bits per heavy atom. The topological polar surface area (TPSA) is 65.7 Å². The van der Waals surface area contributed by atoms with Gasteiger partial charge in [-0.3, -0.25) is 14.0 Å². The SMILES string of the molecule is O=c1[nH]ccc2s[nH]c(=O)c12. The van der Waals surface area contributed by atoms with Crippen LogP contribution >= 0.6 is 11.5 Å². The first-order valence-electron chi connectivity index (χ1n) is 2.98. The Hall–Kier alpha value is -1.36. The Balaban J connectivity index is 3.21. The van der Waals surface area contributed by atoms with E-state index in [1.807, 2.05) is 0 Å². The predicted octanol–water partition coefficient (Wildman–Crippen LogP) is 0.278. The van der Waals surface area contributed by atoms with Crippen molar-refractivity contribution in [3.8, 4) is 0 Å². The van der Waals surface area contributed by atoms with Crippen molar-refractivity contribution in [1.82, 2.24) is 9.36 Å². The molecule has 0 spiro atoms. The number of nitrogens with one attached hydrogen (secondary N) is 2. The largest absolute Gasteiger partial charge is 0.328 e. The summed E-state index contributed by atoms with van der Waals surface area (Å²) in [5.41, 5.74) is -0.642. The number of aromatic nitrogens is 2. The van der Waals surface area contributed by atoms with Crippen molar-refractivity contribution in [1.29, 1.82) is 0 Å². The third-order valence-electron chi connectivity index (χ3n) is 1.40. The Labute approximate surface area is 64.7 Å². The fourth-order valence-electron chi connectivity index (χ4n) is 0.913. The monoisotopic (exact) mass is 168 g/mol. The molecule has 0 aliphatic carbocycles. The van der Waals surface area contributed by atoms with Crippen molar-refractivity contribution in [2.24, 2.45) is 0 Å². The Kier molecular flexibility index (Phi) is 1.19. The first-order valence-corrected chi connectivity index (χ1v) is 3.79. The minimum absolute atomic E-state index is 0.220. The van der Waals surface area contributed by atoms with Crippen molar-refractivity contribution in [3.63, 3.8) is 0 Å². The molecule has 11 heavy (non-hydrogen) atoms. The van der Waals surface area contributed by atoms with E-state index in [4.69, 9.17) is 0 Å². The van der Waals surface area contributed by atoms with Crippen LogP contribution < -0.4 is 11.1 Å². The van der Waals surface area contributed by atoms with Gasteiger partial charge in [0.25, 0.3) is 11.1 Å². The maximum atomic E-state index is 11.0. The van der Waals surface area contributed by atoms with E-state index in [-0.39, 0.29) is 16.5 Å². The molecule has 0 aliphatic rings. The van der Waals surface area contributed by atoms with Crippen LogP contribution in [0.5, 0.6) is 0 Å². The third kappa shape index (κ3) is 0.813. The minimum atomic E-state index is -0.329. The summed E-state index contributed by atoms with van der Waals surface area (Å²) >= 11 is 1.17. The Morgan fingerprint density at radius 3 is 2.82 bits per heavy atom. The van der Waals surface area contributed by atoms with Crippen LogP contribution in [0.1, 0.15) is 0 Å². The lowest BCUT2D eigenvalue weighted by Gasteiger charge is -1.81. The van der Waals surface area contributed by atoms with E-state index in [1.165, 1.54) is 17.7 Å². The number of fused-ring (bicyclic) bond motifs is 1. The van der Waals surface area contributed by atoms with Gasteiger partial charge in [0, 0.05) is 6.20 Å². The summed E-state index contributed by atoms with van der Waals surface area (Å²) in [7, 11) is 0. The number of pyridine rings is 1. The van der Waals surface area contributed by atoms with E-state index >= 15 is 0 Å². The van der Waals surface area contributed by atoms with Gasteiger partial charge in [-0.15, -0.1) is 0 Å². The van der Waals surface area contributed by atoms with Gasteiger partial charge in [0.2, 0.25) is 0 Å². The highest BCUT2D eigenvalue weighted by molar-refractivity contribution is 7.13. The van der Waals surface area contributed by atoms with Crippen molar-refractivity contribution in [2.75, 3.05) is 0 Å². The van der Waals surface area contributed by atoms with Gasteiger partial charge in [-0.25, -0.2) is 0 Å². The van der Waals surface area contributed by atoms with Gasteiger partial charge >= 0.3 is 0 Å². The second-order valence-corrected chi connectivity index (χ2v) is 2.93. The van der Waals surface area contributed by atoms with Gasteiger partial charge in [0.05, 0.1) is 4.70 Å². The molecule has 4 nitrogen and oxygen atoms in total. The molecule has 2 aromatic heterocycles. The second-order valence-electron chi connectivity index (χ2n) is 2.08. The summed E-state index contributed by atoms with van der Waals surface area (Å²) in [5, 5.41) is 0.220. The van der Waals surface area contributed by atoms with Gasteiger partial charge in [0.15, 0.2) is 0 Å². The number of aromatic amines is 2. The molecule has 0 aliphatic heterocycles. The second kappa shape index (κ2) is 2.06. The highest BCUT2D eigenvalue weighted by atomic mass is 32.1. The van der Waals surface area contributed by atoms with Crippen molar-refractivity contribution >= 4 is 21.6 Å². The van der Waals surface area contributed by atoms with E-state index < -0.39 is 0 Å². The maximum Gasteiger partial charge on any atom is 0.271 e. The highest BCUT2D eigenvalue weighted by Crippen LogP contribution is 2.06. The summed E-state index contributed by atoms with van der Waals surface area (Å²) < 4.78 is 3.18. The summed E-state index contributed by atoms with van der Waals surface area (Å²) in [6.45, 7) is 0. The average molecular weight is 168 g/mol. The molecule has 0 radical (unpaired) electrons. The van der Waals surface area contributed by atoms with Gasteiger partial charge in [-0.1, -0.05) is 11.5 Å². The number of hydrogen-bond acceptors (Lipinski definition) is 3. The fourth-order valence-corrected chi connectivity index (χ4v) is 1.64. The zero-order valence-electron chi connectivity index (χ0n) is 5.38. The summed E-state index contributed by atoms with van der Waals surface area (Å²) in [6, 6.07) is 1.69. The van der Waals surface area contributed by atoms with E-state index in [0.29, 0.717) is 4.70 Å². The van der Waals surface area contributed by atoms with E-state index in [9.17, 15) is 9.59 Å². The van der Waals surface area contributed by atoms with Crippen LogP contribution in [0.3, 0.4) is 0 Å². The zero-order valence-corrected chi connectivity index (χ0v) is 6.20. The molecule has 0 aromatic carbocycles. The zero-order chi connectivity index (χ0) is 7.84. The molecule has 56 valence electrons. The Bertz CT molecular complexity index is 493. The van der Waals surface area contributed by atoms with Crippen molar-refractivity contribution < 1.29 is 0 Å². The van der Waals surface area contributed by atoms with Crippen LogP contribution in [0.2, 0.25) is 0 Å². The van der Waals surface area contributed by atoms with Crippen LogP contribution in [0.4, 0.5) is 0 Å².